The number of urea groups is 1. The Labute approximate surface area is 192 Å². The van der Waals surface area contributed by atoms with Crippen molar-refractivity contribution in [3.8, 4) is 0 Å². The molecule has 0 bridgehead atoms. The van der Waals surface area contributed by atoms with Gasteiger partial charge in [0.15, 0.2) is 0 Å². The summed E-state index contributed by atoms with van der Waals surface area (Å²) in [6.45, 7) is 4.03. The fourth-order valence-electron chi connectivity index (χ4n) is 3.15. The second-order valence-electron chi connectivity index (χ2n) is 7.91. The SMILES string of the molecule is CC(C)C(NC(=O)Cc1ccccc1)C(=O)Nc1ccc(NC(=O)NCc2ccco2)cc1. The lowest BCUT2D eigenvalue weighted by Gasteiger charge is -2.22. The molecule has 2 aromatic carbocycles. The average molecular weight is 449 g/mol. The van der Waals surface area contributed by atoms with Crippen molar-refractivity contribution in [2.24, 2.45) is 5.92 Å². The van der Waals surface area contributed by atoms with Gasteiger partial charge in [-0.25, -0.2) is 4.79 Å². The van der Waals surface area contributed by atoms with Gasteiger partial charge in [-0.3, -0.25) is 9.59 Å². The summed E-state index contributed by atoms with van der Waals surface area (Å²) in [5.74, 6) is 0.0424. The molecule has 4 amide bonds. The summed E-state index contributed by atoms with van der Waals surface area (Å²) in [4.78, 5) is 37.2. The molecule has 0 spiro atoms. The van der Waals surface area contributed by atoms with Gasteiger partial charge in [-0.1, -0.05) is 44.2 Å². The maximum absolute atomic E-state index is 12.8. The van der Waals surface area contributed by atoms with Gasteiger partial charge in [0.1, 0.15) is 11.8 Å². The van der Waals surface area contributed by atoms with Crippen molar-refractivity contribution >= 4 is 29.2 Å². The normalized spacial score (nSPS) is 11.5. The van der Waals surface area contributed by atoms with Crippen LogP contribution in [0.1, 0.15) is 25.2 Å². The Morgan fingerprint density at radius 1 is 0.848 bits per heavy atom. The molecule has 0 aliphatic carbocycles. The van der Waals surface area contributed by atoms with E-state index in [-0.39, 0.29) is 36.7 Å². The molecule has 0 saturated carbocycles. The summed E-state index contributed by atoms with van der Waals surface area (Å²) in [6.07, 6.45) is 1.75. The van der Waals surface area contributed by atoms with Crippen LogP contribution in [0.3, 0.4) is 0 Å². The Morgan fingerprint density at radius 2 is 1.52 bits per heavy atom. The van der Waals surface area contributed by atoms with Crippen molar-refractivity contribution < 1.29 is 18.8 Å². The smallest absolute Gasteiger partial charge is 0.319 e. The monoisotopic (exact) mass is 448 g/mol. The number of carbonyl (C=O) groups is 3. The van der Waals surface area contributed by atoms with Crippen LogP contribution in [0, 0.1) is 5.92 Å². The number of benzene rings is 2. The standard InChI is InChI=1S/C25H28N4O4/c1-17(2)23(29-22(30)15-18-7-4-3-5-8-18)24(31)27-19-10-12-20(13-11-19)28-25(32)26-16-21-9-6-14-33-21/h3-14,17,23H,15-16H2,1-2H3,(H,27,31)(H,29,30)(H2,26,28,32). The highest BCUT2D eigenvalue weighted by Crippen LogP contribution is 2.15. The number of hydrogen-bond donors (Lipinski definition) is 4. The fourth-order valence-corrected chi connectivity index (χ4v) is 3.15. The first kappa shape index (κ1) is 23.6. The maximum Gasteiger partial charge on any atom is 0.319 e. The lowest BCUT2D eigenvalue weighted by molar-refractivity contribution is -0.127. The van der Waals surface area contributed by atoms with Gasteiger partial charge in [0, 0.05) is 11.4 Å². The summed E-state index contributed by atoms with van der Waals surface area (Å²) in [7, 11) is 0. The summed E-state index contributed by atoms with van der Waals surface area (Å²) < 4.78 is 5.17. The highest BCUT2D eigenvalue weighted by Gasteiger charge is 2.24. The van der Waals surface area contributed by atoms with Crippen molar-refractivity contribution in [1.82, 2.24) is 10.6 Å². The maximum atomic E-state index is 12.8. The Balaban J connectivity index is 1.50. The van der Waals surface area contributed by atoms with Crippen LogP contribution < -0.4 is 21.3 Å². The molecular weight excluding hydrogens is 420 g/mol. The molecule has 0 aliphatic heterocycles. The van der Waals surface area contributed by atoms with Crippen molar-refractivity contribution in [1.29, 1.82) is 0 Å². The Kier molecular flexibility index (Phi) is 8.24. The highest BCUT2D eigenvalue weighted by molar-refractivity contribution is 5.98. The van der Waals surface area contributed by atoms with Crippen LogP contribution in [-0.2, 0) is 22.6 Å². The minimum Gasteiger partial charge on any atom is -0.467 e. The van der Waals surface area contributed by atoms with E-state index in [1.165, 1.54) is 0 Å². The quantitative estimate of drug-likeness (QED) is 0.397. The number of furan rings is 1. The summed E-state index contributed by atoms with van der Waals surface area (Å²) in [5.41, 5.74) is 2.01. The van der Waals surface area contributed by atoms with Crippen LogP contribution in [-0.4, -0.2) is 23.9 Å². The lowest BCUT2D eigenvalue weighted by atomic mass is 10.0. The van der Waals surface area contributed by atoms with Crippen LogP contribution >= 0.6 is 0 Å². The molecule has 8 heteroatoms. The molecular formula is C25H28N4O4. The van der Waals surface area contributed by atoms with Gasteiger partial charge in [-0.05, 0) is 47.9 Å². The third kappa shape index (κ3) is 7.53. The van der Waals surface area contributed by atoms with Gasteiger partial charge >= 0.3 is 6.03 Å². The molecule has 3 aromatic rings. The third-order valence-electron chi connectivity index (χ3n) is 4.89. The molecule has 8 nitrogen and oxygen atoms in total. The second kappa shape index (κ2) is 11.5. The predicted octanol–water partition coefficient (Wildman–Crippen LogP) is 3.92. The average Bonchev–Trinajstić information content (AvgIpc) is 3.31. The van der Waals surface area contributed by atoms with E-state index in [9.17, 15) is 14.4 Å². The van der Waals surface area contributed by atoms with Gasteiger partial charge in [0.25, 0.3) is 0 Å². The van der Waals surface area contributed by atoms with Crippen LogP contribution in [0.4, 0.5) is 16.2 Å². The molecule has 172 valence electrons. The molecule has 3 rings (SSSR count). The minimum absolute atomic E-state index is 0.0940. The molecule has 4 N–H and O–H groups in total. The third-order valence-corrected chi connectivity index (χ3v) is 4.89. The van der Waals surface area contributed by atoms with E-state index in [2.05, 4.69) is 21.3 Å². The summed E-state index contributed by atoms with van der Waals surface area (Å²) in [5, 5.41) is 11.0. The van der Waals surface area contributed by atoms with Crippen molar-refractivity contribution in [3.05, 3.63) is 84.3 Å². The fraction of sp³-hybridized carbons (Fsp3) is 0.240. The lowest BCUT2D eigenvalue weighted by Crippen LogP contribution is -2.47. The van der Waals surface area contributed by atoms with Crippen molar-refractivity contribution in [2.75, 3.05) is 10.6 Å². The zero-order valence-corrected chi connectivity index (χ0v) is 18.6. The van der Waals surface area contributed by atoms with E-state index < -0.39 is 6.04 Å². The first-order chi connectivity index (χ1) is 15.9. The van der Waals surface area contributed by atoms with Gasteiger partial charge in [-0.15, -0.1) is 0 Å². The van der Waals surface area contributed by atoms with Crippen LogP contribution in [0.25, 0.3) is 0 Å². The first-order valence-corrected chi connectivity index (χ1v) is 10.7. The number of amides is 4. The Hall–Kier alpha value is -4.07. The summed E-state index contributed by atoms with van der Waals surface area (Å²) in [6, 6.07) is 18.6. The van der Waals surface area contributed by atoms with E-state index in [4.69, 9.17) is 4.42 Å². The molecule has 0 saturated heterocycles. The number of nitrogens with one attached hydrogen (secondary N) is 4. The van der Waals surface area contributed by atoms with E-state index in [1.54, 1.807) is 42.7 Å². The molecule has 1 heterocycles. The van der Waals surface area contributed by atoms with E-state index in [0.717, 1.165) is 5.56 Å². The Bertz CT molecular complexity index is 1050. The first-order valence-electron chi connectivity index (χ1n) is 10.7. The van der Waals surface area contributed by atoms with Crippen LogP contribution in [0.15, 0.2) is 77.4 Å². The van der Waals surface area contributed by atoms with Gasteiger partial charge in [0.05, 0.1) is 19.2 Å². The number of carbonyl (C=O) groups excluding carboxylic acids is 3. The highest BCUT2D eigenvalue weighted by atomic mass is 16.3. The van der Waals surface area contributed by atoms with Crippen LogP contribution in [0.5, 0.6) is 0 Å². The number of hydrogen-bond acceptors (Lipinski definition) is 4. The van der Waals surface area contributed by atoms with E-state index in [0.29, 0.717) is 17.1 Å². The number of anilines is 2. The van der Waals surface area contributed by atoms with Gasteiger partial charge in [0.2, 0.25) is 11.8 Å². The van der Waals surface area contributed by atoms with E-state index >= 15 is 0 Å². The molecule has 0 aliphatic rings. The van der Waals surface area contributed by atoms with Gasteiger partial charge in [-0.2, -0.15) is 0 Å². The van der Waals surface area contributed by atoms with Crippen molar-refractivity contribution in [3.63, 3.8) is 0 Å². The molecule has 0 fully saturated rings. The van der Waals surface area contributed by atoms with Crippen molar-refractivity contribution in [2.45, 2.75) is 32.9 Å². The largest absolute Gasteiger partial charge is 0.467 e. The molecule has 0 radical (unpaired) electrons. The number of rotatable bonds is 9. The second-order valence-corrected chi connectivity index (χ2v) is 7.91. The van der Waals surface area contributed by atoms with Gasteiger partial charge < -0.3 is 25.7 Å². The van der Waals surface area contributed by atoms with E-state index in [1.807, 2.05) is 44.2 Å². The van der Waals surface area contributed by atoms with Crippen LogP contribution in [0.2, 0.25) is 0 Å². The Morgan fingerprint density at radius 3 is 2.12 bits per heavy atom. The zero-order chi connectivity index (χ0) is 23.6. The zero-order valence-electron chi connectivity index (χ0n) is 18.6. The molecule has 1 aromatic heterocycles. The minimum atomic E-state index is -0.675. The topological polar surface area (TPSA) is 112 Å². The predicted molar refractivity (Wildman–Crippen MR) is 127 cm³/mol. The molecule has 1 unspecified atom stereocenters. The molecule has 1 atom stereocenters. The summed E-state index contributed by atoms with van der Waals surface area (Å²) >= 11 is 0. The molecule has 33 heavy (non-hydrogen) atoms.